The van der Waals surface area contributed by atoms with Gasteiger partial charge in [-0.05, 0) is 30.9 Å². The third-order valence-electron chi connectivity index (χ3n) is 3.58. The number of nitrogens with zero attached hydrogens (tertiary/aromatic N) is 2. The van der Waals surface area contributed by atoms with Gasteiger partial charge in [0.2, 0.25) is 0 Å². The van der Waals surface area contributed by atoms with Crippen molar-refractivity contribution in [3.8, 4) is 0 Å². The second-order valence-corrected chi connectivity index (χ2v) is 6.70. The number of hydrogen-bond acceptors (Lipinski definition) is 2. The molecule has 1 aromatic heterocycles. The number of carbonyl (C=O) groups excluding carboxylic acids is 1. The number of benzene rings is 1. The van der Waals surface area contributed by atoms with E-state index in [1.165, 1.54) is 0 Å². The highest BCUT2D eigenvalue weighted by atomic mass is 35.5. The Hall–Kier alpha value is -1.52. The first-order chi connectivity index (χ1) is 10.9. The van der Waals surface area contributed by atoms with Crippen LogP contribution in [0.5, 0.6) is 0 Å². The molecule has 0 unspecified atom stereocenters. The average molecular weight is 354 g/mol. The van der Waals surface area contributed by atoms with Crippen molar-refractivity contribution >= 4 is 29.1 Å². The molecule has 0 saturated carbocycles. The zero-order valence-electron chi connectivity index (χ0n) is 13.6. The minimum Gasteiger partial charge on any atom is -0.352 e. The van der Waals surface area contributed by atoms with E-state index in [0.717, 1.165) is 12.0 Å². The second-order valence-electron chi connectivity index (χ2n) is 5.94. The van der Waals surface area contributed by atoms with Gasteiger partial charge >= 0.3 is 0 Å². The van der Waals surface area contributed by atoms with Crippen LogP contribution in [0.15, 0.2) is 24.3 Å². The fraction of sp³-hybridized carbons (Fsp3) is 0.412. The van der Waals surface area contributed by atoms with Gasteiger partial charge < -0.3 is 5.32 Å². The van der Waals surface area contributed by atoms with Gasteiger partial charge in [0.15, 0.2) is 0 Å². The van der Waals surface area contributed by atoms with Crippen molar-refractivity contribution in [2.45, 2.75) is 33.7 Å². The van der Waals surface area contributed by atoms with Crippen LogP contribution in [0.25, 0.3) is 0 Å². The molecule has 2 rings (SSSR count). The lowest BCUT2D eigenvalue weighted by molar-refractivity contribution is 0.0951. The van der Waals surface area contributed by atoms with Crippen LogP contribution in [0.1, 0.15) is 41.9 Å². The van der Waals surface area contributed by atoms with E-state index >= 15 is 0 Å². The lowest BCUT2D eigenvalue weighted by Crippen LogP contribution is -2.26. The van der Waals surface area contributed by atoms with Crippen LogP contribution >= 0.6 is 23.2 Å². The standard InChI is InChI=1S/C17H21Cl2N3O/c1-11(2)8-9-20-17(23)15-12(3)21-22(16(15)19)10-13-6-4-5-7-14(13)18/h4-7,11H,8-10H2,1-3H3,(H,20,23). The molecule has 0 bridgehead atoms. The molecule has 23 heavy (non-hydrogen) atoms. The molecule has 1 heterocycles. The zero-order chi connectivity index (χ0) is 17.0. The Labute approximate surface area is 146 Å². The topological polar surface area (TPSA) is 46.9 Å². The van der Waals surface area contributed by atoms with Crippen molar-refractivity contribution in [1.82, 2.24) is 15.1 Å². The van der Waals surface area contributed by atoms with Crippen molar-refractivity contribution in [2.75, 3.05) is 6.54 Å². The summed E-state index contributed by atoms with van der Waals surface area (Å²) in [5.74, 6) is 0.355. The maximum Gasteiger partial charge on any atom is 0.256 e. The van der Waals surface area contributed by atoms with Gasteiger partial charge in [-0.2, -0.15) is 5.10 Å². The SMILES string of the molecule is Cc1nn(Cc2ccccc2Cl)c(Cl)c1C(=O)NCCC(C)C. The summed E-state index contributed by atoms with van der Waals surface area (Å²) in [6, 6.07) is 7.51. The van der Waals surface area contributed by atoms with Crippen molar-refractivity contribution in [3.63, 3.8) is 0 Å². The molecule has 1 aromatic carbocycles. The van der Waals surface area contributed by atoms with Crippen LogP contribution in [-0.4, -0.2) is 22.2 Å². The first-order valence-corrected chi connectivity index (χ1v) is 8.40. The molecule has 2 aromatic rings. The summed E-state index contributed by atoms with van der Waals surface area (Å²) in [7, 11) is 0. The Kier molecular flexibility index (Phi) is 6.08. The van der Waals surface area contributed by atoms with Crippen molar-refractivity contribution in [2.24, 2.45) is 5.92 Å². The van der Waals surface area contributed by atoms with Crippen LogP contribution in [-0.2, 0) is 6.54 Å². The third-order valence-corrected chi connectivity index (χ3v) is 4.33. The normalized spacial score (nSPS) is 11.0. The number of hydrogen-bond donors (Lipinski definition) is 1. The van der Waals surface area contributed by atoms with E-state index in [2.05, 4.69) is 24.3 Å². The van der Waals surface area contributed by atoms with Crippen LogP contribution in [0.3, 0.4) is 0 Å². The average Bonchev–Trinajstić information content (AvgIpc) is 2.75. The summed E-state index contributed by atoms with van der Waals surface area (Å²) in [4.78, 5) is 12.3. The number of rotatable bonds is 6. The highest BCUT2D eigenvalue weighted by molar-refractivity contribution is 6.33. The number of aryl methyl sites for hydroxylation is 1. The molecule has 6 heteroatoms. The van der Waals surface area contributed by atoms with Gasteiger partial charge in [0.25, 0.3) is 5.91 Å². The minimum absolute atomic E-state index is 0.182. The maximum atomic E-state index is 12.3. The van der Waals surface area contributed by atoms with Gasteiger partial charge in [-0.15, -0.1) is 0 Å². The number of aromatic nitrogens is 2. The Bertz CT molecular complexity index is 695. The monoisotopic (exact) mass is 353 g/mol. The fourth-order valence-electron chi connectivity index (χ4n) is 2.27. The van der Waals surface area contributed by atoms with Gasteiger partial charge in [0, 0.05) is 11.6 Å². The van der Waals surface area contributed by atoms with Gasteiger partial charge in [-0.1, -0.05) is 55.2 Å². The van der Waals surface area contributed by atoms with Crippen LogP contribution in [0.2, 0.25) is 10.2 Å². The molecule has 4 nitrogen and oxygen atoms in total. The molecular formula is C17H21Cl2N3O. The Morgan fingerprint density at radius 1 is 1.30 bits per heavy atom. The molecular weight excluding hydrogens is 333 g/mol. The Morgan fingerprint density at radius 2 is 2.00 bits per heavy atom. The molecule has 0 aliphatic heterocycles. The van der Waals surface area contributed by atoms with Crippen molar-refractivity contribution in [3.05, 3.63) is 51.3 Å². The van der Waals surface area contributed by atoms with Gasteiger partial charge in [-0.3, -0.25) is 4.79 Å². The van der Waals surface area contributed by atoms with Crippen LogP contribution < -0.4 is 5.32 Å². The van der Waals surface area contributed by atoms with E-state index < -0.39 is 0 Å². The molecule has 0 atom stereocenters. The number of halogens is 2. The summed E-state index contributed by atoms with van der Waals surface area (Å²) >= 11 is 12.5. The summed E-state index contributed by atoms with van der Waals surface area (Å²) in [5, 5.41) is 8.26. The molecule has 1 amide bonds. The summed E-state index contributed by atoms with van der Waals surface area (Å²) in [5.41, 5.74) is 1.96. The first-order valence-electron chi connectivity index (χ1n) is 7.64. The quantitative estimate of drug-likeness (QED) is 0.840. The lowest BCUT2D eigenvalue weighted by Gasteiger charge is -2.08. The molecule has 0 saturated heterocycles. The lowest BCUT2D eigenvalue weighted by atomic mass is 10.1. The number of nitrogens with one attached hydrogen (secondary N) is 1. The van der Waals surface area contributed by atoms with Gasteiger partial charge in [-0.25, -0.2) is 4.68 Å². The van der Waals surface area contributed by atoms with Gasteiger partial charge in [0.1, 0.15) is 5.15 Å². The molecule has 0 aliphatic carbocycles. The van der Waals surface area contributed by atoms with E-state index in [4.69, 9.17) is 23.2 Å². The molecule has 0 fully saturated rings. The van der Waals surface area contributed by atoms with Gasteiger partial charge in [0.05, 0.1) is 17.8 Å². The fourth-order valence-corrected chi connectivity index (χ4v) is 2.78. The summed E-state index contributed by atoms with van der Waals surface area (Å²) in [6.45, 7) is 7.07. The third kappa shape index (κ3) is 4.49. The largest absolute Gasteiger partial charge is 0.352 e. The van der Waals surface area contributed by atoms with Crippen LogP contribution in [0, 0.1) is 12.8 Å². The summed E-state index contributed by atoms with van der Waals surface area (Å²) in [6.07, 6.45) is 0.927. The highest BCUT2D eigenvalue weighted by Crippen LogP contribution is 2.23. The maximum absolute atomic E-state index is 12.3. The van der Waals surface area contributed by atoms with E-state index in [1.54, 1.807) is 11.6 Å². The smallest absolute Gasteiger partial charge is 0.256 e. The Balaban J connectivity index is 2.16. The number of carbonyl (C=O) groups is 1. The minimum atomic E-state index is -0.182. The predicted molar refractivity (Wildman–Crippen MR) is 94.3 cm³/mol. The molecule has 0 radical (unpaired) electrons. The molecule has 0 aliphatic rings. The second kappa shape index (κ2) is 7.84. The van der Waals surface area contributed by atoms with Crippen molar-refractivity contribution < 1.29 is 4.79 Å². The van der Waals surface area contributed by atoms with Crippen LogP contribution in [0.4, 0.5) is 0 Å². The van der Waals surface area contributed by atoms with E-state index in [9.17, 15) is 4.79 Å². The first kappa shape index (κ1) is 17.8. The molecule has 1 N–H and O–H groups in total. The predicted octanol–water partition coefficient (Wildman–Crippen LogP) is 4.32. The highest BCUT2D eigenvalue weighted by Gasteiger charge is 2.20. The number of amides is 1. The molecule has 124 valence electrons. The van der Waals surface area contributed by atoms with E-state index in [1.807, 2.05) is 24.3 Å². The molecule has 0 spiro atoms. The Morgan fingerprint density at radius 3 is 2.65 bits per heavy atom. The van der Waals surface area contributed by atoms with Crippen molar-refractivity contribution in [1.29, 1.82) is 0 Å². The zero-order valence-corrected chi connectivity index (χ0v) is 15.1. The summed E-state index contributed by atoms with van der Waals surface area (Å²) < 4.78 is 1.61. The van der Waals surface area contributed by atoms with E-state index in [0.29, 0.717) is 40.4 Å². The van der Waals surface area contributed by atoms with E-state index in [-0.39, 0.29) is 5.91 Å².